The first-order valence-electron chi connectivity index (χ1n) is 8.33. The quantitative estimate of drug-likeness (QED) is 0.668. The Morgan fingerprint density at radius 1 is 1.08 bits per heavy atom. The van der Waals surface area contributed by atoms with E-state index < -0.39 is 5.97 Å². The summed E-state index contributed by atoms with van der Waals surface area (Å²) in [5.74, 6) is -1.01. The van der Waals surface area contributed by atoms with Gasteiger partial charge in [-0.15, -0.1) is 0 Å². The van der Waals surface area contributed by atoms with Crippen molar-refractivity contribution in [3.8, 4) is 11.3 Å². The lowest BCUT2D eigenvalue weighted by Crippen LogP contribution is -2.21. The number of nitrogens with zero attached hydrogens (tertiary/aromatic N) is 1. The molecule has 1 aromatic heterocycles. The Hall–Kier alpha value is -3.41. The van der Waals surface area contributed by atoms with Crippen LogP contribution in [0.5, 0.6) is 0 Å². The van der Waals surface area contributed by atoms with E-state index >= 15 is 0 Å². The fourth-order valence-corrected chi connectivity index (χ4v) is 2.53. The summed E-state index contributed by atoms with van der Waals surface area (Å²) < 4.78 is 5.06. The van der Waals surface area contributed by atoms with Gasteiger partial charge in [-0.1, -0.05) is 55.5 Å². The zero-order valence-corrected chi connectivity index (χ0v) is 14.4. The summed E-state index contributed by atoms with van der Waals surface area (Å²) in [5, 5.41) is 9.50. The molecule has 0 saturated carbocycles. The molecule has 0 radical (unpaired) electrons. The van der Waals surface area contributed by atoms with Gasteiger partial charge in [0, 0.05) is 11.3 Å². The van der Waals surface area contributed by atoms with Crippen LogP contribution in [0.25, 0.3) is 11.3 Å². The third kappa shape index (κ3) is 4.16. The predicted octanol–water partition coefficient (Wildman–Crippen LogP) is 3.43. The Bertz CT molecular complexity index is 903. The maximum Gasteiger partial charge on any atom is 0.356 e. The van der Waals surface area contributed by atoms with E-state index in [-0.39, 0.29) is 18.2 Å². The number of esters is 1. The molecule has 0 atom stereocenters. The molecule has 2 N–H and O–H groups in total. The highest BCUT2D eigenvalue weighted by atomic mass is 16.5. The minimum atomic E-state index is -0.626. The first-order chi connectivity index (χ1) is 12.7. The Balaban J connectivity index is 1.57. The zero-order chi connectivity index (χ0) is 18.4. The van der Waals surface area contributed by atoms with Crippen LogP contribution >= 0.6 is 0 Å². The normalized spacial score (nSPS) is 10.3. The topological polar surface area (TPSA) is 84.1 Å². The molecule has 26 heavy (non-hydrogen) atoms. The van der Waals surface area contributed by atoms with Crippen LogP contribution in [-0.4, -0.2) is 28.7 Å². The van der Waals surface area contributed by atoms with Crippen molar-refractivity contribution in [3.63, 3.8) is 0 Å². The average Bonchev–Trinajstić information content (AvgIpc) is 3.17. The monoisotopic (exact) mass is 349 g/mol. The second-order valence-corrected chi connectivity index (χ2v) is 5.67. The number of anilines is 1. The van der Waals surface area contributed by atoms with Crippen molar-refractivity contribution in [2.45, 2.75) is 13.3 Å². The molecule has 0 unspecified atom stereocenters. The van der Waals surface area contributed by atoms with Crippen molar-refractivity contribution in [2.75, 3.05) is 11.9 Å². The van der Waals surface area contributed by atoms with Crippen LogP contribution in [0.1, 0.15) is 23.0 Å². The van der Waals surface area contributed by atoms with E-state index in [0.29, 0.717) is 5.69 Å². The van der Waals surface area contributed by atoms with E-state index in [2.05, 4.69) is 15.5 Å². The number of rotatable bonds is 6. The van der Waals surface area contributed by atoms with E-state index in [0.717, 1.165) is 23.2 Å². The van der Waals surface area contributed by atoms with E-state index in [1.165, 1.54) is 0 Å². The number of aromatic amines is 1. The predicted molar refractivity (Wildman–Crippen MR) is 98.8 cm³/mol. The number of H-pyrrole nitrogens is 1. The molecule has 0 aliphatic carbocycles. The number of para-hydroxylation sites is 1. The minimum Gasteiger partial charge on any atom is -0.451 e. The Labute approximate surface area is 151 Å². The average molecular weight is 349 g/mol. The lowest BCUT2D eigenvalue weighted by Gasteiger charge is -2.09. The Kier molecular flexibility index (Phi) is 5.43. The molecule has 6 heteroatoms. The number of nitrogens with one attached hydrogen (secondary N) is 2. The van der Waals surface area contributed by atoms with Crippen LogP contribution in [0.2, 0.25) is 0 Å². The van der Waals surface area contributed by atoms with Gasteiger partial charge in [-0.3, -0.25) is 9.89 Å². The highest BCUT2D eigenvalue weighted by Crippen LogP contribution is 2.17. The number of aromatic nitrogens is 2. The number of benzene rings is 2. The lowest BCUT2D eigenvalue weighted by atomic mass is 10.1. The van der Waals surface area contributed by atoms with E-state index in [4.69, 9.17) is 4.74 Å². The van der Waals surface area contributed by atoms with Crippen molar-refractivity contribution in [2.24, 2.45) is 0 Å². The maximum absolute atomic E-state index is 12.1. The Morgan fingerprint density at radius 3 is 2.58 bits per heavy atom. The van der Waals surface area contributed by atoms with Gasteiger partial charge < -0.3 is 10.1 Å². The Morgan fingerprint density at radius 2 is 1.81 bits per heavy atom. The molecule has 1 heterocycles. The van der Waals surface area contributed by atoms with E-state index in [1.54, 1.807) is 6.07 Å². The molecule has 132 valence electrons. The highest BCUT2D eigenvalue weighted by molar-refractivity contribution is 5.95. The van der Waals surface area contributed by atoms with Crippen molar-refractivity contribution in [3.05, 3.63) is 71.9 Å². The molecule has 0 aliphatic rings. The first kappa shape index (κ1) is 17.4. The molecule has 0 bridgehead atoms. The first-order valence-corrected chi connectivity index (χ1v) is 8.33. The number of amides is 1. The third-order valence-electron chi connectivity index (χ3n) is 3.87. The molecule has 2 aromatic carbocycles. The summed E-state index contributed by atoms with van der Waals surface area (Å²) in [6.07, 6.45) is 0.798. The number of hydrogen-bond donors (Lipinski definition) is 2. The molecule has 0 aliphatic heterocycles. The number of carbonyl (C=O) groups is 2. The van der Waals surface area contributed by atoms with Gasteiger partial charge in [-0.25, -0.2) is 4.79 Å². The van der Waals surface area contributed by atoms with Crippen LogP contribution in [0, 0.1) is 0 Å². The van der Waals surface area contributed by atoms with Crippen LogP contribution in [0.15, 0.2) is 60.7 Å². The fourth-order valence-electron chi connectivity index (χ4n) is 2.53. The largest absolute Gasteiger partial charge is 0.451 e. The second-order valence-electron chi connectivity index (χ2n) is 5.67. The van der Waals surface area contributed by atoms with Crippen molar-refractivity contribution < 1.29 is 14.3 Å². The molecular weight excluding hydrogens is 330 g/mol. The highest BCUT2D eigenvalue weighted by Gasteiger charge is 2.14. The summed E-state index contributed by atoms with van der Waals surface area (Å²) in [4.78, 5) is 24.1. The molecule has 6 nitrogen and oxygen atoms in total. The summed E-state index contributed by atoms with van der Waals surface area (Å²) in [7, 11) is 0. The zero-order valence-electron chi connectivity index (χ0n) is 14.4. The van der Waals surface area contributed by atoms with E-state index in [9.17, 15) is 9.59 Å². The smallest absolute Gasteiger partial charge is 0.356 e. The van der Waals surface area contributed by atoms with Gasteiger partial charge in [0.15, 0.2) is 6.61 Å². The molecule has 3 rings (SSSR count). The second kappa shape index (κ2) is 8.11. The SMILES string of the molecule is CCc1ccccc1NC(=O)COC(=O)c1cc(-c2ccccc2)n[nH]1. The van der Waals surface area contributed by atoms with Crippen molar-refractivity contribution in [1.82, 2.24) is 10.2 Å². The van der Waals surface area contributed by atoms with Crippen LogP contribution < -0.4 is 5.32 Å². The van der Waals surface area contributed by atoms with E-state index in [1.807, 2.05) is 61.5 Å². The minimum absolute atomic E-state index is 0.200. The van der Waals surface area contributed by atoms with Crippen LogP contribution in [-0.2, 0) is 16.0 Å². The van der Waals surface area contributed by atoms with Gasteiger partial charge >= 0.3 is 5.97 Å². The van der Waals surface area contributed by atoms with Gasteiger partial charge in [0.1, 0.15) is 5.69 Å². The van der Waals surface area contributed by atoms with Crippen molar-refractivity contribution in [1.29, 1.82) is 0 Å². The molecule has 0 saturated heterocycles. The van der Waals surface area contributed by atoms with Gasteiger partial charge in [0.05, 0.1) is 5.69 Å². The standard InChI is InChI=1S/C20H19N3O3/c1-2-14-8-6-7-11-16(14)21-19(24)13-26-20(25)18-12-17(22-23-18)15-9-4-3-5-10-15/h3-12H,2,13H2,1H3,(H,21,24)(H,22,23). The van der Waals surface area contributed by atoms with Crippen molar-refractivity contribution >= 4 is 17.6 Å². The summed E-state index contributed by atoms with van der Waals surface area (Å²) in [6.45, 7) is 1.64. The molecule has 0 spiro atoms. The third-order valence-corrected chi connectivity index (χ3v) is 3.87. The lowest BCUT2D eigenvalue weighted by molar-refractivity contribution is -0.119. The van der Waals surface area contributed by atoms with Crippen LogP contribution in [0.4, 0.5) is 5.69 Å². The number of carbonyl (C=O) groups excluding carboxylic acids is 2. The molecule has 1 amide bonds. The van der Waals surface area contributed by atoms with Gasteiger partial charge in [-0.2, -0.15) is 5.10 Å². The summed E-state index contributed by atoms with van der Waals surface area (Å²) in [5.41, 5.74) is 3.47. The number of ether oxygens (including phenoxy) is 1. The van der Waals surface area contributed by atoms with Gasteiger partial charge in [0.25, 0.3) is 5.91 Å². The molecular formula is C20H19N3O3. The van der Waals surface area contributed by atoms with Gasteiger partial charge in [-0.05, 0) is 24.1 Å². The molecule has 0 fully saturated rings. The number of aryl methyl sites for hydroxylation is 1. The maximum atomic E-state index is 12.1. The summed E-state index contributed by atoms with van der Waals surface area (Å²) in [6, 6.07) is 18.6. The summed E-state index contributed by atoms with van der Waals surface area (Å²) >= 11 is 0. The molecule has 3 aromatic rings. The fraction of sp³-hybridized carbons (Fsp3) is 0.150. The van der Waals surface area contributed by atoms with Crippen LogP contribution in [0.3, 0.4) is 0 Å². The number of hydrogen-bond acceptors (Lipinski definition) is 4. The van der Waals surface area contributed by atoms with Gasteiger partial charge in [0.2, 0.25) is 0 Å².